The van der Waals surface area contributed by atoms with Crippen LogP contribution in [0.3, 0.4) is 0 Å². The van der Waals surface area contributed by atoms with Gasteiger partial charge in [0.2, 0.25) is 0 Å². The van der Waals surface area contributed by atoms with Crippen molar-refractivity contribution in [3.8, 4) is 18.1 Å². The molecule has 2 heterocycles. The van der Waals surface area contributed by atoms with Crippen LogP contribution in [-0.2, 0) is 13.1 Å². The molecule has 0 fully saturated rings. The van der Waals surface area contributed by atoms with E-state index in [0.29, 0.717) is 30.2 Å². The summed E-state index contributed by atoms with van der Waals surface area (Å²) in [6.07, 6.45) is 5.51. The molecule has 0 atom stereocenters. The molecule has 1 aromatic carbocycles. The van der Waals surface area contributed by atoms with Crippen molar-refractivity contribution in [2.45, 2.75) is 33.9 Å². The molecule has 6 nitrogen and oxygen atoms in total. The summed E-state index contributed by atoms with van der Waals surface area (Å²) < 4.78 is 10.1. The van der Waals surface area contributed by atoms with Crippen LogP contribution in [0.5, 0.6) is 5.75 Å². The first kappa shape index (κ1) is 18.0. The summed E-state index contributed by atoms with van der Waals surface area (Å²) in [5, 5.41) is 4.30. The molecule has 3 rings (SSSR count). The van der Waals surface area contributed by atoms with E-state index in [-0.39, 0.29) is 5.91 Å². The number of hydrogen-bond donors (Lipinski definition) is 0. The Morgan fingerprint density at radius 2 is 2.19 bits per heavy atom. The van der Waals surface area contributed by atoms with Gasteiger partial charge in [0.05, 0.1) is 23.4 Å². The van der Waals surface area contributed by atoms with Gasteiger partial charge in [0.1, 0.15) is 5.75 Å². The van der Waals surface area contributed by atoms with E-state index in [0.717, 1.165) is 21.7 Å². The average Bonchev–Trinajstić information content (AvgIpc) is 3.16. The molecule has 0 N–H and O–H groups in total. The second kappa shape index (κ2) is 7.58. The lowest BCUT2D eigenvalue weighted by Crippen LogP contribution is -2.16. The molecule has 0 bridgehead atoms. The Morgan fingerprint density at radius 3 is 2.85 bits per heavy atom. The predicted octanol–water partition coefficient (Wildman–Crippen LogP) is 3.00. The van der Waals surface area contributed by atoms with E-state index in [1.54, 1.807) is 10.7 Å². The van der Waals surface area contributed by atoms with Crippen LogP contribution in [0.25, 0.3) is 10.2 Å². The highest BCUT2D eigenvalue weighted by atomic mass is 32.1. The van der Waals surface area contributed by atoms with Crippen LogP contribution in [0, 0.1) is 19.3 Å². The van der Waals surface area contributed by atoms with Gasteiger partial charge in [0.25, 0.3) is 5.91 Å². The number of nitrogens with zero attached hydrogens (tertiary/aromatic N) is 4. The van der Waals surface area contributed by atoms with Crippen LogP contribution in [0.15, 0.2) is 29.3 Å². The number of ether oxygens (including phenoxy) is 1. The molecule has 26 heavy (non-hydrogen) atoms. The van der Waals surface area contributed by atoms with Gasteiger partial charge in [0, 0.05) is 12.2 Å². The maximum atomic E-state index is 12.6. The quantitative estimate of drug-likeness (QED) is 0.651. The fourth-order valence-corrected chi connectivity index (χ4v) is 3.77. The number of rotatable bonds is 5. The van der Waals surface area contributed by atoms with Crippen LogP contribution in [0.1, 0.15) is 30.0 Å². The zero-order chi connectivity index (χ0) is 18.7. The molecule has 3 aromatic rings. The second-order valence-corrected chi connectivity index (χ2v) is 6.65. The number of hydrogen-bond acceptors (Lipinski definition) is 4. The minimum atomic E-state index is -0.373. The van der Waals surface area contributed by atoms with Crippen molar-refractivity contribution in [1.82, 2.24) is 14.3 Å². The highest BCUT2D eigenvalue weighted by molar-refractivity contribution is 7.16. The smallest absolute Gasteiger partial charge is 0.300 e. The first-order valence-corrected chi connectivity index (χ1v) is 9.22. The van der Waals surface area contributed by atoms with E-state index >= 15 is 0 Å². The summed E-state index contributed by atoms with van der Waals surface area (Å²) in [5.74, 6) is 3.03. The molecular formula is C19H20N4O2S. The number of aryl methyl sites for hydroxylation is 2. The largest absolute Gasteiger partial charge is 0.494 e. The Morgan fingerprint density at radius 1 is 1.38 bits per heavy atom. The van der Waals surface area contributed by atoms with Gasteiger partial charge in [-0.3, -0.25) is 9.48 Å². The molecule has 0 aliphatic heterocycles. The number of thiazole rings is 1. The van der Waals surface area contributed by atoms with E-state index < -0.39 is 0 Å². The fourth-order valence-electron chi connectivity index (χ4n) is 2.72. The van der Waals surface area contributed by atoms with E-state index in [1.807, 2.05) is 43.5 Å². The zero-order valence-electron chi connectivity index (χ0n) is 15.0. The standard InChI is InChI=1S/C19H20N4O2S/c1-5-10-22-16-9-8-14(25-7-3)12-17(16)26-19(22)20-18(24)15-11-13(4)23(6-2)21-15/h1,8-9,11-12H,6-7,10H2,2-4H3. The van der Waals surface area contributed by atoms with Crippen molar-refractivity contribution in [1.29, 1.82) is 0 Å². The highest BCUT2D eigenvalue weighted by Crippen LogP contribution is 2.23. The number of carbonyl (C=O) groups excluding carboxylic acids is 1. The minimum Gasteiger partial charge on any atom is -0.494 e. The van der Waals surface area contributed by atoms with Crippen LogP contribution in [0.2, 0.25) is 0 Å². The first-order chi connectivity index (χ1) is 12.6. The summed E-state index contributed by atoms with van der Waals surface area (Å²) in [6.45, 7) is 7.47. The molecule has 0 spiro atoms. The molecule has 0 radical (unpaired) electrons. The SMILES string of the molecule is C#CCn1c(=NC(=O)c2cc(C)n(CC)n2)sc2cc(OCC)ccc21. The van der Waals surface area contributed by atoms with Crippen molar-refractivity contribution in [3.05, 3.63) is 40.5 Å². The zero-order valence-corrected chi connectivity index (χ0v) is 15.8. The summed E-state index contributed by atoms with van der Waals surface area (Å²) in [4.78, 5) is 17.4. The van der Waals surface area contributed by atoms with Gasteiger partial charge in [-0.25, -0.2) is 0 Å². The minimum absolute atomic E-state index is 0.336. The number of carbonyl (C=O) groups is 1. The molecule has 0 saturated heterocycles. The third-order valence-corrected chi connectivity index (χ3v) is 4.95. The summed E-state index contributed by atoms with van der Waals surface area (Å²) in [5.41, 5.74) is 2.20. The van der Waals surface area contributed by atoms with E-state index in [1.165, 1.54) is 11.3 Å². The van der Waals surface area contributed by atoms with Crippen LogP contribution in [0.4, 0.5) is 0 Å². The maximum Gasteiger partial charge on any atom is 0.300 e. The fraction of sp³-hybridized carbons (Fsp3) is 0.316. The summed E-state index contributed by atoms with van der Waals surface area (Å²) in [6, 6.07) is 7.52. The number of amides is 1. The maximum absolute atomic E-state index is 12.6. The average molecular weight is 368 g/mol. The van der Waals surface area contributed by atoms with Crippen molar-refractivity contribution in [2.75, 3.05) is 6.61 Å². The lowest BCUT2D eigenvalue weighted by molar-refractivity contribution is 0.0992. The third kappa shape index (κ3) is 3.41. The predicted molar refractivity (Wildman–Crippen MR) is 102 cm³/mol. The molecule has 0 unspecified atom stereocenters. The summed E-state index contributed by atoms with van der Waals surface area (Å²) >= 11 is 1.41. The van der Waals surface area contributed by atoms with Gasteiger partial charge < -0.3 is 9.30 Å². The Kier molecular flexibility index (Phi) is 5.24. The van der Waals surface area contributed by atoms with Gasteiger partial charge in [-0.1, -0.05) is 17.3 Å². The first-order valence-electron chi connectivity index (χ1n) is 8.40. The Labute approximate surface area is 155 Å². The monoisotopic (exact) mass is 368 g/mol. The highest BCUT2D eigenvalue weighted by Gasteiger charge is 2.13. The van der Waals surface area contributed by atoms with Gasteiger partial charge in [-0.05, 0) is 45.0 Å². The lowest BCUT2D eigenvalue weighted by atomic mass is 10.3. The van der Waals surface area contributed by atoms with Gasteiger partial charge in [-0.15, -0.1) is 6.42 Å². The molecule has 0 aliphatic carbocycles. The number of aromatic nitrogens is 3. The third-order valence-electron chi connectivity index (χ3n) is 3.91. The van der Waals surface area contributed by atoms with E-state index in [9.17, 15) is 4.79 Å². The van der Waals surface area contributed by atoms with Crippen LogP contribution in [-0.4, -0.2) is 26.9 Å². The molecule has 1 amide bonds. The molecule has 0 saturated carbocycles. The summed E-state index contributed by atoms with van der Waals surface area (Å²) in [7, 11) is 0. The molecule has 0 aliphatic rings. The second-order valence-electron chi connectivity index (χ2n) is 5.64. The Balaban J connectivity index is 2.09. The van der Waals surface area contributed by atoms with E-state index in [4.69, 9.17) is 11.2 Å². The van der Waals surface area contributed by atoms with Gasteiger partial charge >= 0.3 is 0 Å². The Hall–Kier alpha value is -2.85. The molecule has 7 heteroatoms. The van der Waals surface area contributed by atoms with Gasteiger partial charge in [-0.2, -0.15) is 10.1 Å². The molecule has 134 valence electrons. The molecule has 2 aromatic heterocycles. The molecular weight excluding hydrogens is 348 g/mol. The van der Waals surface area contributed by atoms with Crippen molar-refractivity contribution >= 4 is 27.5 Å². The van der Waals surface area contributed by atoms with E-state index in [2.05, 4.69) is 16.0 Å². The van der Waals surface area contributed by atoms with Crippen molar-refractivity contribution in [3.63, 3.8) is 0 Å². The number of fused-ring (bicyclic) bond motifs is 1. The number of terminal acetylenes is 1. The normalized spacial score (nSPS) is 11.7. The van der Waals surface area contributed by atoms with Crippen LogP contribution < -0.4 is 9.54 Å². The van der Waals surface area contributed by atoms with Crippen molar-refractivity contribution < 1.29 is 9.53 Å². The topological polar surface area (TPSA) is 61.4 Å². The van der Waals surface area contributed by atoms with Crippen LogP contribution >= 0.6 is 11.3 Å². The van der Waals surface area contributed by atoms with Gasteiger partial charge in [0.15, 0.2) is 10.5 Å². The number of benzene rings is 1. The van der Waals surface area contributed by atoms with Crippen molar-refractivity contribution in [2.24, 2.45) is 4.99 Å². The Bertz CT molecular complexity index is 1070. The lowest BCUT2D eigenvalue weighted by Gasteiger charge is -2.03.